The zero-order valence-corrected chi connectivity index (χ0v) is 10.6. The van der Waals surface area contributed by atoms with Gasteiger partial charge in [-0.15, -0.1) is 0 Å². The third kappa shape index (κ3) is 3.52. The quantitative estimate of drug-likeness (QED) is 0.353. The fraction of sp³-hybridized carbons (Fsp3) is 0.778. The molecule has 0 heterocycles. The molecule has 12 heavy (non-hydrogen) atoms. The van der Waals surface area contributed by atoms with E-state index < -0.39 is 5.79 Å². The van der Waals surface area contributed by atoms with Gasteiger partial charge in [0.1, 0.15) is 0 Å². The van der Waals surface area contributed by atoms with E-state index in [0.29, 0.717) is 0 Å². The Morgan fingerprint density at radius 2 is 1.83 bits per heavy atom. The molecule has 0 spiro atoms. The van der Waals surface area contributed by atoms with Crippen LogP contribution in [0.5, 0.6) is 0 Å². The monoisotopic (exact) mass is 188 g/mol. The van der Waals surface area contributed by atoms with Crippen LogP contribution in [0.15, 0.2) is 12.2 Å². The molecular formula is C9H20O2Si. The van der Waals surface area contributed by atoms with Crippen LogP contribution in [-0.4, -0.2) is 30.2 Å². The van der Waals surface area contributed by atoms with Crippen molar-refractivity contribution in [2.75, 3.05) is 14.2 Å². The van der Waals surface area contributed by atoms with Gasteiger partial charge in [0.15, 0.2) is 5.79 Å². The van der Waals surface area contributed by atoms with Crippen molar-refractivity contribution in [2.45, 2.75) is 31.6 Å². The Morgan fingerprint density at radius 1 is 1.25 bits per heavy atom. The van der Waals surface area contributed by atoms with Crippen molar-refractivity contribution in [3.63, 3.8) is 0 Å². The van der Waals surface area contributed by atoms with E-state index in [4.69, 9.17) is 9.47 Å². The highest BCUT2D eigenvalue weighted by atomic mass is 28.1. The summed E-state index contributed by atoms with van der Waals surface area (Å²) in [6.07, 6.45) is 6.06. The van der Waals surface area contributed by atoms with Gasteiger partial charge in [-0.2, -0.15) is 0 Å². The second-order valence-electron chi connectivity index (χ2n) is 2.76. The molecule has 0 aliphatic heterocycles. The minimum absolute atomic E-state index is 0.396. The summed E-state index contributed by atoms with van der Waals surface area (Å²) >= 11 is 0. The zero-order chi connectivity index (χ0) is 9.45. The molecule has 0 bridgehead atoms. The molecule has 3 heteroatoms. The maximum atomic E-state index is 5.32. The molecule has 0 rings (SSSR count). The van der Waals surface area contributed by atoms with Gasteiger partial charge in [0.25, 0.3) is 0 Å². The zero-order valence-electron chi connectivity index (χ0n) is 8.59. The molecule has 0 aliphatic carbocycles. The maximum Gasteiger partial charge on any atom is 0.170 e. The van der Waals surface area contributed by atoms with E-state index >= 15 is 0 Å². The lowest BCUT2D eigenvalue weighted by Gasteiger charge is -2.28. The summed E-state index contributed by atoms with van der Waals surface area (Å²) in [6, 6.07) is 1.20. The maximum absolute atomic E-state index is 5.32. The number of hydrogen-bond acceptors (Lipinski definition) is 2. The third-order valence-corrected chi connectivity index (χ3v) is 2.59. The Morgan fingerprint density at radius 3 is 2.17 bits per heavy atom. The standard InChI is InChI=1S/C9H20O2Si/c1-4-9(10-2,11-3)7-5-6-8-12/h5-6H,4,7-8H2,1-3,12H3. The summed E-state index contributed by atoms with van der Waals surface area (Å²) < 4.78 is 10.6. The largest absolute Gasteiger partial charge is 0.353 e. The lowest BCUT2D eigenvalue weighted by Crippen LogP contribution is -2.32. The molecule has 0 amide bonds. The number of methoxy groups -OCH3 is 2. The van der Waals surface area contributed by atoms with E-state index in [0.717, 1.165) is 12.8 Å². The van der Waals surface area contributed by atoms with E-state index in [1.165, 1.54) is 16.3 Å². The SMILES string of the molecule is CCC(CC=CC[SiH3])(OC)OC. The molecule has 0 fully saturated rings. The van der Waals surface area contributed by atoms with Crippen LogP contribution in [0.4, 0.5) is 0 Å². The number of allylic oxidation sites excluding steroid dienone is 1. The molecule has 2 nitrogen and oxygen atoms in total. The summed E-state index contributed by atoms with van der Waals surface area (Å²) in [4.78, 5) is 0. The molecule has 0 aromatic heterocycles. The minimum atomic E-state index is -0.396. The predicted molar refractivity (Wildman–Crippen MR) is 55.5 cm³/mol. The van der Waals surface area contributed by atoms with Gasteiger partial charge < -0.3 is 9.47 Å². The molecular weight excluding hydrogens is 168 g/mol. The summed E-state index contributed by atoms with van der Waals surface area (Å²) in [6.45, 7) is 2.07. The van der Waals surface area contributed by atoms with Crippen molar-refractivity contribution in [3.05, 3.63) is 12.2 Å². The summed E-state index contributed by atoms with van der Waals surface area (Å²) in [5.74, 6) is -0.396. The Bertz CT molecular complexity index is 122. The second-order valence-corrected chi connectivity index (χ2v) is 3.57. The molecule has 0 atom stereocenters. The first kappa shape index (κ1) is 11.9. The topological polar surface area (TPSA) is 18.5 Å². The van der Waals surface area contributed by atoms with Crippen LogP contribution in [0.25, 0.3) is 0 Å². The van der Waals surface area contributed by atoms with Crippen molar-refractivity contribution in [3.8, 4) is 0 Å². The van der Waals surface area contributed by atoms with Crippen LogP contribution in [0, 0.1) is 0 Å². The second kappa shape index (κ2) is 6.40. The first-order valence-corrected chi connectivity index (χ1v) is 5.91. The highest BCUT2D eigenvalue weighted by molar-refractivity contribution is 6.09. The molecule has 0 aromatic rings. The van der Waals surface area contributed by atoms with Gasteiger partial charge in [0.05, 0.1) is 0 Å². The van der Waals surface area contributed by atoms with E-state index in [-0.39, 0.29) is 0 Å². The fourth-order valence-electron chi connectivity index (χ4n) is 1.11. The summed E-state index contributed by atoms with van der Waals surface area (Å²) in [5, 5.41) is 0. The normalized spacial score (nSPS) is 12.9. The van der Waals surface area contributed by atoms with Crippen molar-refractivity contribution in [1.29, 1.82) is 0 Å². The highest BCUT2D eigenvalue weighted by Crippen LogP contribution is 2.20. The number of rotatable bonds is 6. The fourth-order valence-corrected chi connectivity index (χ4v) is 1.45. The van der Waals surface area contributed by atoms with Crippen molar-refractivity contribution >= 4 is 10.2 Å². The molecule has 0 radical (unpaired) electrons. The summed E-state index contributed by atoms with van der Waals surface area (Å²) in [7, 11) is 4.62. The highest BCUT2D eigenvalue weighted by Gasteiger charge is 2.24. The molecule has 0 saturated carbocycles. The van der Waals surface area contributed by atoms with E-state index in [1.807, 2.05) is 0 Å². The number of ether oxygens (including phenoxy) is 2. The van der Waals surface area contributed by atoms with Crippen molar-refractivity contribution in [2.24, 2.45) is 0 Å². The van der Waals surface area contributed by atoms with Gasteiger partial charge in [0.2, 0.25) is 0 Å². The molecule has 0 N–H and O–H groups in total. The van der Waals surface area contributed by atoms with Crippen LogP contribution in [0.3, 0.4) is 0 Å². The van der Waals surface area contributed by atoms with Gasteiger partial charge in [-0.3, -0.25) is 0 Å². The first-order valence-electron chi connectivity index (χ1n) is 4.50. The average Bonchev–Trinajstić information content (AvgIpc) is 2.14. The van der Waals surface area contributed by atoms with Gasteiger partial charge in [0, 0.05) is 30.9 Å². The van der Waals surface area contributed by atoms with E-state index in [9.17, 15) is 0 Å². The Hall–Kier alpha value is -0.123. The van der Waals surface area contributed by atoms with Gasteiger partial charge in [-0.1, -0.05) is 19.1 Å². The molecule has 0 aliphatic rings. The van der Waals surface area contributed by atoms with Crippen molar-refractivity contribution in [1.82, 2.24) is 0 Å². The van der Waals surface area contributed by atoms with Gasteiger partial charge in [-0.25, -0.2) is 0 Å². The van der Waals surface area contributed by atoms with Crippen LogP contribution >= 0.6 is 0 Å². The smallest absolute Gasteiger partial charge is 0.170 e. The lowest BCUT2D eigenvalue weighted by molar-refractivity contribution is -0.205. The first-order chi connectivity index (χ1) is 5.74. The molecule has 0 unspecified atom stereocenters. The van der Waals surface area contributed by atoms with Crippen LogP contribution < -0.4 is 0 Å². The van der Waals surface area contributed by atoms with Crippen LogP contribution in [0.2, 0.25) is 6.04 Å². The summed E-state index contributed by atoms with van der Waals surface area (Å²) in [5.41, 5.74) is 0. The molecule has 72 valence electrons. The van der Waals surface area contributed by atoms with Crippen LogP contribution in [0.1, 0.15) is 19.8 Å². The predicted octanol–water partition coefficient (Wildman–Crippen LogP) is 1.12. The minimum Gasteiger partial charge on any atom is -0.353 e. The van der Waals surface area contributed by atoms with E-state index in [1.54, 1.807) is 14.2 Å². The third-order valence-electron chi connectivity index (χ3n) is 2.11. The molecule has 0 saturated heterocycles. The Kier molecular flexibility index (Phi) is 6.33. The number of hydrogen-bond donors (Lipinski definition) is 0. The van der Waals surface area contributed by atoms with Crippen LogP contribution in [-0.2, 0) is 9.47 Å². The van der Waals surface area contributed by atoms with E-state index in [2.05, 4.69) is 19.1 Å². The Labute approximate surface area is 78.4 Å². The van der Waals surface area contributed by atoms with Gasteiger partial charge >= 0.3 is 0 Å². The Balaban J connectivity index is 4.01. The van der Waals surface area contributed by atoms with Crippen molar-refractivity contribution < 1.29 is 9.47 Å². The lowest BCUT2D eigenvalue weighted by atomic mass is 10.1. The molecule has 0 aromatic carbocycles. The van der Waals surface area contributed by atoms with Gasteiger partial charge in [-0.05, 0) is 12.5 Å². The average molecular weight is 188 g/mol.